The molecule has 0 radical (unpaired) electrons. The van der Waals surface area contributed by atoms with Crippen LogP contribution in [0.1, 0.15) is 15.9 Å². The fourth-order valence-corrected chi connectivity index (χ4v) is 1.91. The molecular formula is C11H6N2O3. The summed E-state index contributed by atoms with van der Waals surface area (Å²) in [4.78, 5) is 39.4. The van der Waals surface area contributed by atoms with Gasteiger partial charge in [-0.1, -0.05) is 24.3 Å². The Bertz CT molecular complexity index is 574. The van der Waals surface area contributed by atoms with Crippen molar-refractivity contribution in [2.24, 2.45) is 4.99 Å². The monoisotopic (exact) mass is 214 g/mol. The van der Waals surface area contributed by atoms with Crippen molar-refractivity contribution in [2.75, 3.05) is 6.54 Å². The lowest BCUT2D eigenvalue weighted by Gasteiger charge is -2.23. The second kappa shape index (κ2) is 2.85. The number of carbonyl (C=O) groups is 3. The smallest absolute Gasteiger partial charge is 0.283 e. The van der Waals surface area contributed by atoms with Crippen LogP contribution in [0.3, 0.4) is 0 Å². The normalized spacial score (nSPS) is 18.4. The molecular weight excluding hydrogens is 208 g/mol. The van der Waals surface area contributed by atoms with E-state index >= 15 is 0 Å². The number of hydrogen-bond donors (Lipinski definition) is 0. The van der Waals surface area contributed by atoms with Gasteiger partial charge in [-0.2, -0.15) is 4.99 Å². The summed E-state index contributed by atoms with van der Waals surface area (Å²) in [6.45, 7) is -0.131. The predicted molar refractivity (Wildman–Crippen MR) is 54.0 cm³/mol. The van der Waals surface area contributed by atoms with E-state index in [0.29, 0.717) is 17.0 Å². The third-order valence-corrected chi connectivity index (χ3v) is 2.63. The fourth-order valence-electron chi connectivity index (χ4n) is 1.91. The van der Waals surface area contributed by atoms with Crippen LogP contribution in [0.2, 0.25) is 0 Å². The number of carbonyl (C=O) groups excluding carboxylic acids is 3. The van der Waals surface area contributed by atoms with Crippen molar-refractivity contribution >= 4 is 23.4 Å². The van der Waals surface area contributed by atoms with Gasteiger partial charge in [0, 0.05) is 11.1 Å². The van der Waals surface area contributed by atoms with Crippen molar-refractivity contribution in [3.63, 3.8) is 0 Å². The van der Waals surface area contributed by atoms with E-state index in [2.05, 4.69) is 4.99 Å². The number of amidine groups is 1. The Hall–Kier alpha value is -2.30. The molecule has 0 spiro atoms. The van der Waals surface area contributed by atoms with Crippen molar-refractivity contribution in [3.05, 3.63) is 35.4 Å². The lowest BCUT2D eigenvalue weighted by atomic mass is 9.97. The molecule has 5 nitrogen and oxygen atoms in total. The molecule has 0 saturated heterocycles. The Morgan fingerprint density at radius 3 is 2.50 bits per heavy atom. The maximum atomic E-state index is 11.7. The Kier molecular flexibility index (Phi) is 1.60. The number of hydrogen-bond acceptors (Lipinski definition) is 3. The van der Waals surface area contributed by atoms with Gasteiger partial charge >= 0.3 is 5.91 Å². The van der Waals surface area contributed by atoms with Gasteiger partial charge in [-0.3, -0.25) is 19.3 Å². The molecule has 78 valence electrons. The van der Waals surface area contributed by atoms with Crippen molar-refractivity contribution in [2.45, 2.75) is 0 Å². The average Bonchev–Trinajstić information content (AvgIpc) is 2.68. The van der Waals surface area contributed by atoms with E-state index in [0.717, 1.165) is 4.90 Å². The van der Waals surface area contributed by atoms with Crippen molar-refractivity contribution in [3.8, 4) is 0 Å². The van der Waals surface area contributed by atoms with Gasteiger partial charge in [-0.05, 0) is 0 Å². The maximum absolute atomic E-state index is 11.7. The first-order valence-corrected chi connectivity index (χ1v) is 4.75. The largest absolute Gasteiger partial charge is 0.301 e. The summed E-state index contributed by atoms with van der Waals surface area (Å²) in [5.74, 6) is -1.36. The maximum Gasteiger partial charge on any atom is 0.301 e. The van der Waals surface area contributed by atoms with E-state index in [4.69, 9.17) is 0 Å². The molecule has 0 fully saturated rings. The lowest BCUT2D eigenvalue weighted by Crippen LogP contribution is -2.44. The second-order valence-corrected chi connectivity index (χ2v) is 3.60. The van der Waals surface area contributed by atoms with Crippen LogP contribution in [0.5, 0.6) is 0 Å². The minimum absolute atomic E-state index is 0.131. The van der Waals surface area contributed by atoms with Gasteiger partial charge < -0.3 is 0 Å². The molecule has 5 heteroatoms. The van der Waals surface area contributed by atoms with Crippen LogP contribution in [0, 0.1) is 0 Å². The average molecular weight is 214 g/mol. The molecule has 1 aromatic rings. The minimum Gasteiger partial charge on any atom is -0.283 e. The Balaban J connectivity index is 2.29. The summed E-state index contributed by atoms with van der Waals surface area (Å²) >= 11 is 0. The van der Waals surface area contributed by atoms with Crippen LogP contribution >= 0.6 is 0 Å². The highest BCUT2D eigenvalue weighted by molar-refractivity contribution is 6.50. The van der Waals surface area contributed by atoms with Crippen molar-refractivity contribution in [1.29, 1.82) is 0 Å². The van der Waals surface area contributed by atoms with E-state index in [9.17, 15) is 14.4 Å². The van der Waals surface area contributed by atoms with Gasteiger partial charge in [0.25, 0.3) is 11.7 Å². The van der Waals surface area contributed by atoms with Crippen molar-refractivity contribution < 1.29 is 14.4 Å². The molecule has 0 bridgehead atoms. The molecule has 0 unspecified atom stereocenters. The third-order valence-electron chi connectivity index (χ3n) is 2.63. The Labute approximate surface area is 90.4 Å². The SMILES string of the molecule is O=C1CN2C(=O)C(=O)c3ccccc3C2=N1. The molecule has 0 saturated carbocycles. The fraction of sp³-hybridized carbons (Fsp3) is 0.0909. The van der Waals surface area contributed by atoms with E-state index in [1.165, 1.54) is 0 Å². The summed E-state index contributed by atoms with van der Waals surface area (Å²) in [6, 6.07) is 6.67. The zero-order valence-corrected chi connectivity index (χ0v) is 8.14. The predicted octanol–water partition coefficient (Wildman–Crippen LogP) is -0.00170. The Morgan fingerprint density at radius 2 is 1.75 bits per heavy atom. The van der Waals surface area contributed by atoms with Crippen molar-refractivity contribution in [1.82, 2.24) is 4.90 Å². The first kappa shape index (κ1) is 8.96. The van der Waals surface area contributed by atoms with Gasteiger partial charge in [0.05, 0.1) is 0 Å². The number of Topliss-reactive ketones (excluding diaryl/α,β-unsaturated/α-hetero) is 1. The number of nitrogens with zero attached hydrogens (tertiary/aromatic N) is 2. The van der Waals surface area contributed by atoms with Crippen LogP contribution in [0.15, 0.2) is 29.3 Å². The van der Waals surface area contributed by atoms with Crippen LogP contribution < -0.4 is 0 Å². The Morgan fingerprint density at radius 1 is 1.06 bits per heavy atom. The van der Waals surface area contributed by atoms with Crippen LogP contribution in [-0.4, -0.2) is 34.9 Å². The minimum atomic E-state index is -0.677. The number of benzene rings is 1. The number of amides is 2. The van der Waals surface area contributed by atoms with Gasteiger partial charge in [0.2, 0.25) is 0 Å². The molecule has 16 heavy (non-hydrogen) atoms. The first-order chi connectivity index (χ1) is 7.68. The molecule has 2 aliphatic rings. The highest BCUT2D eigenvalue weighted by atomic mass is 16.2. The summed E-state index contributed by atoms with van der Waals surface area (Å²) in [5, 5.41) is 0. The highest BCUT2D eigenvalue weighted by Crippen LogP contribution is 2.23. The highest BCUT2D eigenvalue weighted by Gasteiger charge is 2.40. The topological polar surface area (TPSA) is 66.8 Å². The van der Waals surface area contributed by atoms with Gasteiger partial charge in [0.15, 0.2) is 0 Å². The molecule has 2 amide bonds. The zero-order valence-electron chi connectivity index (χ0n) is 8.14. The number of ketones is 1. The summed E-state index contributed by atoms with van der Waals surface area (Å²) in [5.41, 5.74) is 0.871. The molecule has 2 heterocycles. The summed E-state index contributed by atoms with van der Waals surface area (Å²) in [6.07, 6.45) is 0. The molecule has 3 rings (SSSR count). The van der Waals surface area contributed by atoms with Crippen LogP contribution in [0.4, 0.5) is 0 Å². The van der Waals surface area contributed by atoms with Crippen LogP contribution in [0.25, 0.3) is 0 Å². The number of fused-ring (bicyclic) bond motifs is 3. The van der Waals surface area contributed by atoms with E-state index in [-0.39, 0.29) is 6.54 Å². The van der Waals surface area contributed by atoms with Crippen LogP contribution in [-0.2, 0) is 9.59 Å². The zero-order chi connectivity index (χ0) is 11.3. The van der Waals surface area contributed by atoms with E-state index < -0.39 is 17.6 Å². The third kappa shape index (κ3) is 0.995. The molecule has 0 atom stereocenters. The number of rotatable bonds is 0. The molecule has 2 aliphatic heterocycles. The van der Waals surface area contributed by atoms with E-state index in [1.807, 2.05) is 0 Å². The van der Waals surface area contributed by atoms with Gasteiger partial charge in [0.1, 0.15) is 12.4 Å². The summed E-state index contributed by atoms with van der Waals surface area (Å²) in [7, 11) is 0. The lowest BCUT2D eigenvalue weighted by molar-refractivity contribution is -0.126. The van der Waals surface area contributed by atoms with Gasteiger partial charge in [-0.15, -0.1) is 0 Å². The quantitative estimate of drug-likeness (QED) is 0.571. The first-order valence-electron chi connectivity index (χ1n) is 4.75. The molecule has 0 aromatic heterocycles. The number of aliphatic imine (C=N–C) groups is 1. The van der Waals surface area contributed by atoms with Gasteiger partial charge in [-0.25, -0.2) is 0 Å². The second-order valence-electron chi connectivity index (χ2n) is 3.60. The summed E-state index contributed by atoms with van der Waals surface area (Å²) < 4.78 is 0. The molecule has 1 aromatic carbocycles. The standard InChI is InChI=1S/C11H6N2O3/c14-8-5-13-10(12-8)7-4-2-1-3-6(7)9(15)11(13)16/h1-4H,5H2. The molecule has 0 N–H and O–H groups in total. The molecule has 0 aliphatic carbocycles. The van der Waals surface area contributed by atoms with E-state index in [1.54, 1.807) is 24.3 Å².